The number of aromatic nitrogens is 2. The Hall–Kier alpha value is -1.01. The van der Waals surface area contributed by atoms with Gasteiger partial charge in [0.15, 0.2) is 0 Å². The first-order valence-electron chi connectivity index (χ1n) is 5.96. The van der Waals surface area contributed by atoms with Gasteiger partial charge in [-0.05, 0) is 30.3 Å². The summed E-state index contributed by atoms with van der Waals surface area (Å²) in [5.41, 5.74) is 3.25. The summed E-state index contributed by atoms with van der Waals surface area (Å²) in [6, 6.07) is 0. The molecule has 0 aromatic carbocycles. The highest BCUT2D eigenvalue weighted by Crippen LogP contribution is 2.21. The molecule has 1 aromatic rings. The molecule has 2 rings (SSSR count). The van der Waals surface area contributed by atoms with Crippen LogP contribution >= 0.6 is 11.5 Å². The standard InChI is InChI=1S/C11H17N3O2S/c1-7(2)9-10(17-14-12-9)11(15)13-16-8-5-3-4-6-8/h7-8H,3-6H2,1-2H3,(H,13,15). The molecular weight excluding hydrogens is 238 g/mol. The molecule has 1 N–H and O–H groups in total. The summed E-state index contributed by atoms with van der Waals surface area (Å²) in [6.07, 6.45) is 4.58. The van der Waals surface area contributed by atoms with Crippen LogP contribution in [0.1, 0.15) is 60.8 Å². The van der Waals surface area contributed by atoms with E-state index in [9.17, 15) is 4.79 Å². The molecule has 6 heteroatoms. The van der Waals surface area contributed by atoms with Crippen molar-refractivity contribution in [2.24, 2.45) is 0 Å². The Morgan fingerprint density at radius 3 is 2.82 bits per heavy atom. The zero-order valence-corrected chi connectivity index (χ0v) is 10.9. The average Bonchev–Trinajstić information content (AvgIpc) is 2.96. The average molecular weight is 255 g/mol. The van der Waals surface area contributed by atoms with Gasteiger partial charge in [-0.2, -0.15) is 0 Å². The lowest BCUT2D eigenvalue weighted by Gasteiger charge is -2.11. The van der Waals surface area contributed by atoms with Gasteiger partial charge in [0.25, 0.3) is 5.91 Å². The summed E-state index contributed by atoms with van der Waals surface area (Å²) in [5, 5.41) is 3.97. The van der Waals surface area contributed by atoms with E-state index in [1.165, 1.54) is 12.8 Å². The third-order valence-corrected chi connectivity index (χ3v) is 3.63. The van der Waals surface area contributed by atoms with Crippen molar-refractivity contribution in [2.45, 2.75) is 51.6 Å². The molecular formula is C11H17N3O2S. The van der Waals surface area contributed by atoms with Crippen LogP contribution in [-0.2, 0) is 4.84 Å². The molecule has 5 nitrogen and oxygen atoms in total. The monoisotopic (exact) mass is 255 g/mol. The van der Waals surface area contributed by atoms with Crippen molar-refractivity contribution >= 4 is 17.4 Å². The van der Waals surface area contributed by atoms with Crippen LogP contribution in [0.4, 0.5) is 0 Å². The molecule has 0 unspecified atom stereocenters. The van der Waals surface area contributed by atoms with Gasteiger partial charge in [0.05, 0.1) is 11.8 Å². The molecule has 0 aliphatic heterocycles. The highest BCUT2D eigenvalue weighted by Gasteiger charge is 2.21. The molecule has 0 radical (unpaired) electrons. The second-order valence-corrected chi connectivity index (χ2v) is 5.35. The molecule has 1 aromatic heterocycles. The Morgan fingerprint density at radius 2 is 2.18 bits per heavy atom. The van der Waals surface area contributed by atoms with Gasteiger partial charge < -0.3 is 0 Å². The van der Waals surface area contributed by atoms with Gasteiger partial charge >= 0.3 is 0 Å². The number of hydrogen-bond acceptors (Lipinski definition) is 5. The first-order chi connectivity index (χ1) is 8.18. The topological polar surface area (TPSA) is 64.1 Å². The predicted molar refractivity (Wildman–Crippen MR) is 64.8 cm³/mol. The number of nitrogens with one attached hydrogen (secondary N) is 1. The van der Waals surface area contributed by atoms with Crippen LogP contribution in [0.15, 0.2) is 0 Å². The van der Waals surface area contributed by atoms with Crippen molar-refractivity contribution in [3.05, 3.63) is 10.6 Å². The smallest absolute Gasteiger partial charge is 0.270 e. The van der Waals surface area contributed by atoms with Gasteiger partial charge in [0.2, 0.25) is 0 Å². The minimum atomic E-state index is -0.226. The van der Waals surface area contributed by atoms with Crippen molar-refractivity contribution in [1.29, 1.82) is 0 Å². The van der Waals surface area contributed by atoms with Crippen molar-refractivity contribution < 1.29 is 9.63 Å². The van der Waals surface area contributed by atoms with Crippen molar-refractivity contribution in [3.63, 3.8) is 0 Å². The van der Waals surface area contributed by atoms with E-state index in [0.29, 0.717) is 4.88 Å². The van der Waals surface area contributed by atoms with Crippen LogP contribution in [0.5, 0.6) is 0 Å². The number of hydroxylamine groups is 1. The number of amides is 1. The second kappa shape index (κ2) is 5.55. The lowest BCUT2D eigenvalue weighted by Crippen LogP contribution is -2.28. The maximum absolute atomic E-state index is 11.9. The first kappa shape index (κ1) is 12.4. The number of carbonyl (C=O) groups is 1. The minimum Gasteiger partial charge on any atom is -0.270 e. The van der Waals surface area contributed by atoms with E-state index in [0.717, 1.165) is 30.1 Å². The summed E-state index contributed by atoms with van der Waals surface area (Å²) in [6.45, 7) is 3.98. The van der Waals surface area contributed by atoms with E-state index in [-0.39, 0.29) is 17.9 Å². The Balaban J connectivity index is 1.92. The summed E-state index contributed by atoms with van der Waals surface area (Å²) in [7, 11) is 0. The Kier molecular flexibility index (Phi) is 4.06. The van der Waals surface area contributed by atoms with E-state index in [4.69, 9.17) is 4.84 Å². The summed E-state index contributed by atoms with van der Waals surface area (Å²) in [5.74, 6) is -0.0309. The first-order valence-corrected chi connectivity index (χ1v) is 6.74. The summed E-state index contributed by atoms with van der Waals surface area (Å²) in [4.78, 5) is 17.8. The highest BCUT2D eigenvalue weighted by molar-refractivity contribution is 7.08. The molecule has 1 heterocycles. The number of nitrogens with zero attached hydrogens (tertiary/aromatic N) is 2. The molecule has 1 aliphatic carbocycles. The molecule has 1 fully saturated rings. The van der Waals surface area contributed by atoms with E-state index >= 15 is 0 Å². The van der Waals surface area contributed by atoms with Gasteiger partial charge in [0, 0.05) is 0 Å². The Bertz CT molecular complexity index is 386. The van der Waals surface area contributed by atoms with Crippen LogP contribution in [-0.4, -0.2) is 21.6 Å². The van der Waals surface area contributed by atoms with Gasteiger partial charge in [-0.15, -0.1) is 5.10 Å². The summed E-state index contributed by atoms with van der Waals surface area (Å²) >= 11 is 1.12. The zero-order chi connectivity index (χ0) is 12.3. The lowest BCUT2D eigenvalue weighted by molar-refractivity contribution is -0.0123. The minimum absolute atomic E-state index is 0.169. The van der Waals surface area contributed by atoms with Crippen LogP contribution in [0.3, 0.4) is 0 Å². The molecule has 0 bridgehead atoms. The van der Waals surface area contributed by atoms with Crippen LogP contribution in [0.2, 0.25) is 0 Å². The number of rotatable bonds is 4. The highest BCUT2D eigenvalue weighted by atomic mass is 32.1. The fourth-order valence-electron chi connectivity index (χ4n) is 1.92. The van der Waals surface area contributed by atoms with Gasteiger partial charge in [-0.25, -0.2) is 5.48 Å². The van der Waals surface area contributed by atoms with E-state index < -0.39 is 0 Å². The maximum atomic E-state index is 11.9. The number of hydrogen-bond donors (Lipinski definition) is 1. The van der Waals surface area contributed by atoms with E-state index in [2.05, 4.69) is 15.1 Å². The Morgan fingerprint density at radius 1 is 1.47 bits per heavy atom. The number of carbonyl (C=O) groups excluding carboxylic acids is 1. The fourth-order valence-corrected chi connectivity index (χ4v) is 2.63. The van der Waals surface area contributed by atoms with Gasteiger partial charge in [-0.3, -0.25) is 9.63 Å². The Labute approximate surface area is 105 Å². The third kappa shape index (κ3) is 3.01. The van der Waals surface area contributed by atoms with Crippen molar-refractivity contribution in [3.8, 4) is 0 Å². The molecule has 1 aliphatic rings. The third-order valence-electron chi connectivity index (χ3n) is 2.89. The van der Waals surface area contributed by atoms with Crippen LogP contribution in [0.25, 0.3) is 0 Å². The predicted octanol–water partition coefficient (Wildman–Crippen LogP) is 2.27. The van der Waals surface area contributed by atoms with Crippen molar-refractivity contribution in [1.82, 2.24) is 15.1 Å². The molecule has 94 valence electrons. The zero-order valence-electron chi connectivity index (χ0n) is 10.1. The maximum Gasteiger partial charge on any atom is 0.288 e. The largest absolute Gasteiger partial charge is 0.288 e. The van der Waals surface area contributed by atoms with Crippen LogP contribution in [0, 0.1) is 0 Å². The summed E-state index contributed by atoms with van der Waals surface area (Å²) < 4.78 is 3.82. The SMILES string of the molecule is CC(C)c1nnsc1C(=O)NOC1CCCC1. The van der Waals surface area contributed by atoms with E-state index in [1.807, 2.05) is 13.8 Å². The normalized spacial score (nSPS) is 16.6. The molecule has 0 atom stereocenters. The molecule has 0 spiro atoms. The van der Waals surface area contributed by atoms with Gasteiger partial charge in [-0.1, -0.05) is 31.2 Å². The molecule has 0 saturated heterocycles. The van der Waals surface area contributed by atoms with Gasteiger partial charge in [0.1, 0.15) is 4.88 Å². The van der Waals surface area contributed by atoms with Crippen molar-refractivity contribution in [2.75, 3.05) is 0 Å². The lowest BCUT2D eigenvalue weighted by atomic mass is 10.1. The van der Waals surface area contributed by atoms with E-state index in [1.54, 1.807) is 0 Å². The van der Waals surface area contributed by atoms with Crippen LogP contribution < -0.4 is 5.48 Å². The molecule has 1 saturated carbocycles. The molecule has 17 heavy (non-hydrogen) atoms. The second-order valence-electron chi connectivity index (χ2n) is 4.60. The molecule has 1 amide bonds. The fraction of sp³-hybridized carbons (Fsp3) is 0.727. The quantitative estimate of drug-likeness (QED) is 0.838.